The molecule has 6 aromatic rings. The molecule has 0 saturated heterocycles. The molecule has 2 aliphatic rings. The van der Waals surface area contributed by atoms with Crippen LogP contribution in [0.25, 0.3) is 4.86 Å². The lowest BCUT2D eigenvalue weighted by atomic mass is 10.4. The largest absolute Gasteiger partial charge is 0.566 e. The van der Waals surface area contributed by atoms with E-state index in [4.69, 9.17) is 27.4 Å². The van der Waals surface area contributed by atoms with Crippen LogP contribution in [-0.4, -0.2) is 40.0 Å². The number of rotatable bonds is 6. The molecule has 0 N–H and O–H groups in total. The van der Waals surface area contributed by atoms with Crippen molar-refractivity contribution in [2.75, 3.05) is 40.0 Å². The predicted molar refractivity (Wildman–Crippen MR) is 249 cm³/mol. The highest BCUT2D eigenvalue weighted by Gasteiger charge is 2.41. The first-order valence-electron chi connectivity index (χ1n) is 17.9. The van der Waals surface area contributed by atoms with E-state index in [0.29, 0.717) is 0 Å². The van der Waals surface area contributed by atoms with Crippen LogP contribution in [0.5, 0.6) is 0 Å². The third-order valence-electron chi connectivity index (χ3n) is 9.56. The summed E-state index contributed by atoms with van der Waals surface area (Å²) < 4.78 is 27.1. The van der Waals surface area contributed by atoms with E-state index in [1.54, 1.807) is 0 Å². The summed E-state index contributed by atoms with van der Waals surface area (Å²) in [5.74, 6) is 0. The zero-order valence-corrected chi connectivity index (χ0v) is 37.1. The Balaban J connectivity index is 0.000000167. The normalized spacial score (nSPS) is 30.0. The highest BCUT2D eigenvalue weighted by molar-refractivity contribution is 8.02. The zero-order chi connectivity index (χ0) is 37.9. The molecule has 0 amide bonds. The van der Waals surface area contributed by atoms with Crippen molar-refractivity contribution in [1.82, 2.24) is 0 Å². The van der Waals surface area contributed by atoms with Crippen LogP contribution in [0.15, 0.2) is 205 Å². The molecule has 54 heavy (non-hydrogen) atoms. The van der Waals surface area contributed by atoms with E-state index in [2.05, 4.69) is 222 Å². The molecule has 6 aromatic carbocycles. The van der Waals surface area contributed by atoms with Crippen LogP contribution in [0.4, 0.5) is 0 Å². The van der Waals surface area contributed by atoms with Crippen LogP contribution in [-0.2, 0) is 0 Å². The molecule has 0 aliphatic carbocycles. The highest BCUT2D eigenvalue weighted by atomic mass is 31.3. The van der Waals surface area contributed by atoms with E-state index < -0.39 is 43.6 Å². The van der Waals surface area contributed by atoms with Gasteiger partial charge < -0.3 is 4.86 Å². The summed E-state index contributed by atoms with van der Waals surface area (Å²) in [6, 6.07) is 63.6. The minimum Gasteiger partial charge on any atom is -0.566 e. The Labute approximate surface area is 323 Å². The van der Waals surface area contributed by atoms with Gasteiger partial charge in [0.15, 0.2) is 0 Å². The second-order valence-corrected chi connectivity index (χ2v) is 32.4. The Hall–Kier alpha value is -3.14. The zero-order valence-electron chi connectivity index (χ0n) is 31.7. The van der Waals surface area contributed by atoms with Crippen molar-refractivity contribution in [2.24, 2.45) is 22.6 Å². The minimum atomic E-state index is -2.03. The molecule has 12 heteroatoms. The quantitative estimate of drug-likeness (QED) is 0.150. The highest BCUT2D eigenvalue weighted by Crippen LogP contribution is 2.83. The molecule has 1 unspecified atom stereocenters. The van der Waals surface area contributed by atoms with E-state index in [0.717, 1.165) is 0 Å². The summed E-state index contributed by atoms with van der Waals surface area (Å²) in [4.78, 5) is 5.42. The molecule has 0 aromatic heterocycles. The van der Waals surface area contributed by atoms with Crippen LogP contribution in [0, 0.1) is 0 Å². The first-order chi connectivity index (χ1) is 25.9. The SMILES string of the molecule is CP1(c2ccccc2)=NP(C)(c2ccccc2)=NP(C)(c2ccccc2)=N1.C[P@]1(c2ccccc2)=N[P+](C)(c2ccccc2)N=[P@@](C)(c2ccccc2)[N-]1. The fourth-order valence-electron chi connectivity index (χ4n) is 7.02. The van der Waals surface area contributed by atoms with Gasteiger partial charge in [0.2, 0.25) is 0 Å². The Kier molecular flexibility index (Phi) is 11.4. The number of hydrogen-bond acceptors (Lipinski definition) is 5. The van der Waals surface area contributed by atoms with Gasteiger partial charge in [-0.25, -0.2) is 13.5 Å². The lowest BCUT2D eigenvalue weighted by Gasteiger charge is -2.46. The van der Waals surface area contributed by atoms with Crippen LogP contribution < -0.4 is 31.8 Å². The average molecular weight is 823 g/mol. The van der Waals surface area contributed by atoms with Gasteiger partial charge in [-0.05, 0) is 70.5 Å². The summed E-state index contributed by atoms with van der Waals surface area (Å²) in [7, 11) is -12.2. The lowest BCUT2D eigenvalue weighted by Crippen LogP contribution is -2.14. The topological polar surface area (TPSA) is 75.9 Å². The van der Waals surface area contributed by atoms with Crippen molar-refractivity contribution in [3.8, 4) is 0 Å². The fourth-order valence-corrected chi connectivity index (χ4v) is 35.5. The maximum absolute atomic E-state index is 5.42. The van der Waals surface area contributed by atoms with Crippen LogP contribution in [0.1, 0.15) is 0 Å². The predicted octanol–water partition coefficient (Wildman–Crippen LogP) is 12.5. The lowest BCUT2D eigenvalue weighted by molar-refractivity contribution is 1.61. The molecule has 6 nitrogen and oxygen atoms in total. The fraction of sp³-hybridized carbons (Fsp3) is 0.143. The van der Waals surface area contributed by atoms with Crippen LogP contribution >= 0.6 is 43.6 Å². The van der Waals surface area contributed by atoms with Gasteiger partial charge in [-0.2, -0.15) is 0 Å². The Morgan fingerprint density at radius 2 is 0.593 bits per heavy atom. The van der Waals surface area contributed by atoms with Crippen molar-refractivity contribution >= 4 is 75.4 Å². The second kappa shape index (κ2) is 15.8. The molecule has 0 saturated carbocycles. The smallest absolute Gasteiger partial charge is 0.270 e. The van der Waals surface area contributed by atoms with E-state index in [-0.39, 0.29) is 0 Å². The summed E-state index contributed by atoms with van der Waals surface area (Å²) in [5, 5.41) is 7.44. The van der Waals surface area contributed by atoms with E-state index in [1.165, 1.54) is 31.8 Å². The first-order valence-corrected chi connectivity index (χ1v) is 30.7. The van der Waals surface area contributed by atoms with Gasteiger partial charge in [0.1, 0.15) is 26.9 Å². The van der Waals surface area contributed by atoms with Gasteiger partial charge in [0.05, 0.1) is 6.66 Å². The van der Waals surface area contributed by atoms with E-state index in [9.17, 15) is 0 Å². The van der Waals surface area contributed by atoms with Gasteiger partial charge in [0.25, 0.3) is 7.56 Å². The summed E-state index contributed by atoms with van der Waals surface area (Å²) in [6.07, 6.45) is 0. The molecule has 0 fully saturated rings. The maximum Gasteiger partial charge on any atom is 0.270 e. The average Bonchev–Trinajstić information content (AvgIpc) is 3.19. The molecule has 2 aliphatic heterocycles. The van der Waals surface area contributed by atoms with Gasteiger partial charge in [-0.15, -0.1) is 9.03 Å². The van der Waals surface area contributed by atoms with Crippen molar-refractivity contribution in [3.63, 3.8) is 0 Å². The molecular weight excluding hydrogens is 774 g/mol. The molecule has 276 valence electrons. The summed E-state index contributed by atoms with van der Waals surface area (Å²) >= 11 is 0. The standard InChI is InChI=1S/2C21H24N3P3/c2*1-25(19-13-7-4-8-14-19)22-26(2,20-15-9-5-10-16-20)24-27(3,23-25)21-17-11-6-12-18-21/h2*4-18H,1-3H3. The van der Waals surface area contributed by atoms with Crippen molar-refractivity contribution in [2.45, 2.75) is 0 Å². The van der Waals surface area contributed by atoms with E-state index >= 15 is 0 Å². The van der Waals surface area contributed by atoms with Gasteiger partial charge in [-0.1, -0.05) is 170 Å². The monoisotopic (exact) mass is 822 g/mol. The first kappa shape index (κ1) is 39.1. The van der Waals surface area contributed by atoms with Gasteiger partial charge >= 0.3 is 0 Å². The maximum atomic E-state index is 5.42. The third kappa shape index (κ3) is 8.20. The molecular formula is C42H48N6P6. The Morgan fingerprint density at radius 3 is 0.870 bits per heavy atom. The molecule has 8 rings (SSSR count). The molecule has 2 heterocycles. The third-order valence-corrected chi connectivity index (χ3v) is 33.9. The molecule has 0 spiro atoms. The van der Waals surface area contributed by atoms with Crippen molar-refractivity contribution < 1.29 is 0 Å². The number of hydrogen-bond donors (Lipinski definition) is 0. The van der Waals surface area contributed by atoms with Gasteiger partial charge in [-0.3, -0.25) is 0 Å². The second-order valence-electron chi connectivity index (χ2n) is 14.0. The summed E-state index contributed by atoms with van der Waals surface area (Å²) in [6.45, 7) is 13.5. The van der Waals surface area contributed by atoms with Crippen LogP contribution in [0.2, 0.25) is 0 Å². The van der Waals surface area contributed by atoms with E-state index in [1.807, 2.05) is 0 Å². The molecule has 0 bridgehead atoms. The Bertz CT molecular complexity index is 2300. The van der Waals surface area contributed by atoms with Crippen LogP contribution in [0.3, 0.4) is 0 Å². The van der Waals surface area contributed by atoms with Crippen molar-refractivity contribution in [1.29, 1.82) is 0 Å². The molecule has 3 atom stereocenters. The Morgan fingerprint density at radius 1 is 0.352 bits per heavy atom. The van der Waals surface area contributed by atoms with Crippen molar-refractivity contribution in [3.05, 3.63) is 187 Å². The molecule has 0 radical (unpaired) electrons. The number of benzene rings is 6. The number of nitrogens with zero attached hydrogens (tertiary/aromatic N) is 6. The summed E-state index contributed by atoms with van der Waals surface area (Å²) in [5.41, 5.74) is 0. The van der Waals surface area contributed by atoms with Gasteiger partial charge in [0, 0.05) is 15.9 Å². The minimum absolute atomic E-state index is 1.24.